The number of halogens is 1. The van der Waals surface area contributed by atoms with Crippen molar-refractivity contribution in [1.29, 1.82) is 0 Å². The van der Waals surface area contributed by atoms with Crippen LogP contribution < -0.4 is 5.32 Å². The molecular formula is C14H16ClN3O. The molecule has 2 heterocycles. The number of rotatable bonds is 4. The summed E-state index contributed by atoms with van der Waals surface area (Å²) in [7, 11) is 0. The lowest BCUT2D eigenvalue weighted by atomic mass is 10.1. The van der Waals surface area contributed by atoms with Crippen LogP contribution in [0.2, 0.25) is 5.02 Å². The predicted octanol–water partition coefficient (Wildman–Crippen LogP) is 2.61. The molecule has 100 valence electrons. The van der Waals surface area contributed by atoms with Crippen LogP contribution in [0.25, 0.3) is 0 Å². The van der Waals surface area contributed by atoms with Crippen LogP contribution in [0.15, 0.2) is 28.8 Å². The van der Waals surface area contributed by atoms with E-state index in [1.807, 2.05) is 24.3 Å². The third kappa shape index (κ3) is 3.14. The van der Waals surface area contributed by atoms with Crippen molar-refractivity contribution in [1.82, 2.24) is 15.5 Å². The molecule has 0 radical (unpaired) electrons. The largest absolute Gasteiger partial charge is 0.339 e. The Hall–Kier alpha value is -1.39. The van der Waals surface area contributed by atoms with Crippen molar-refractivity contribution in [2.24, 2.45) is 0 Å². The SMILES string of the molecule is Clc1ccccc1Cc1noc(CC2CCCN2)n1. The van der Waals surface area contributed by atoms with E-state index in [4.69, 9.17) is 16.1 Å². The first-order valence-electron chi connectivity index (χ1n) is 6.59. The monoisotopic (exact) mass is 277 g/mol. The van der Waals surface area contributed by atoms with Gasteiger partial charge < -0.3 is 9.84 Å². The molecule has 3 rings (SSSR count). The maximum absolute atomic E-state index is 6.12. The van der Waals surface area contributed by atoms with Gasteiger partial charge in [0.1, 0.15) is 0 Å². The van der Waals surface area contributed by atoms with Crippen LogP contribution in [-0.2, 0) is 12.8 Å². The van der Waals surface area contributed by atoms with Gasteiger partial charge in [0.25, 0.3) is 0 Å². The minimum absolute atomic E-state index is 0.480. The fraction of sp³-hybridized carbons (Fsp3) is 0.429. The number of aromatic nitrogens is 2. The molecule has 1 saturated heterocycles. The van der Waals surface area contributed by atoms with E-state index in [1.165, 1.54) is 12.8 Å². The molecule has 0 saturated carbocycles. The van der Waals surface area contributed by atoms with Crippen LogP contribution >= 0.6 is 11.6 Å². The van der Waals surface area contributed by atoms with Crippen LogP contribution in [0, 0.1) is 0 Å². The second-order valence-electron chi connectivity index (χ2n) is 4.87. The summed E-state index contributed by atoms with van der Waals surface area (Å²) in [6, 6.07) is 8.22. The molecule has 1 unspecified atom stereocenters. The molecule has 1 aromatic heterocycles. The number of benzene rings is 1. The third-order valence-corrected chi connectivity index (χ3v) is 3.77. The molecule has 0 spiro atoms. The van der Waals surface area contributed by atoms with Gasteiger partial charge in [-0.3, -0.25) is 0 Å². The summed E-state index contributed by atoms with van der Waals surface area (Å²) in [5.74, 6) is 1.41. The van der Waals surface area contributed by atoms with E-state index in [0.717, 1.165) is 23.6 Å². The molecule has 0 amide bonds. The molecule has 1 aliphatic heterocycles. The summed E-state index contributed by atoms with van der Waals surface area (Å²) in [4.78, 5) is 4.43. The van der Waals surface area contributed by atoms with E-state index in [-0.39, 0.29) is 0 Å². The van der Waals surface area contributed by atoms with Gasteiger partial charge in [-0.15, -0.1) is 0 Å². The van der Waals surface area contributed by atoms with E-state index < -0.39 is 0 Å². The van der Waals surface area contributed by atoms with Crippen molar-refractivity contribution in [3.63, 3.8) is 0 Å². The second kappa shape index (κ2) is 5.72. The van der Waals surface area contributed by atoms with Crippen molar-refractivity contribution < 1.29 is 4.52 Å². The Kier molecular flexibility index (Phi) is 3.80. The van der Waals surface area contributed by atoms with Gasteiger partial charge in [-0.2, -0.15) is 4.98 Å². The van der Waals surface area contributed by atoms with Crippen LogP contribution in [0.5, 0.6) is 0 Å². The lowest BCUT2D eigenvalue weighted by molar-refractivity contribution is 0.360. The molecule has 5 heteroatoms. The quantitative estimate of drug-likeness (QED) is 0.933. The summed E-state index contributed by atoms with van der Waals surface area (Å²) < 4.78 is 5.29. The summed E-state index contributed by atoms with van der Waals surface area (Å²) in [5, 5.41) is 8.19. The Morgan fingerprint density at radius 3 is 3.05 bits per heavy atom. The highest BCUT2D eigenvalue weighted by molar-refractivity contribution is 6.31. The summed E-state index contributed by atoms with van der Waals surface area (Å²) in [6.07, 6.45) is 3.84. The van der Waals surface area contributed by atoms with Gasteiger partial charge in [0.2, 0.25) is 5.89 Å². The van der Waals surface area contributed by atoms with Gasteiger partial charge in [0.05, 0.1) is 0 Å². The number of hydrogen-bond donors (Lipinski definition) is 1. The van der Waals surface area contributed by atoms with Crippen LogP contribution in [0.4, 0.5) is 0 Å². The number of nitrogens with zero attached hydrogens (tertiary/aromatic N) is 2. The highest BCUT2D eigenvalue weighted by Gasteiger charge is 2.18. The van der Waals surface area contributed by atoms with Gasteiger partial charge in [-0.05, 0) is 31.0 Å². The average Bonchev–Trinajstić information content (AvgIpc) is 3.05. The highest BCUT2D eigenvalue weighted by Crippen LogP contribution is 2.18. The van der Waals surface area contributed by atoms with Crippen molar-refractivity contribution in [3.05, 3.63) is 46.6 Å². The van der Waals surface area contributed by atoms with Gasteiger partial charge in [-0.25, -0.2) is 0 Å². The Balaban J connectivity index is 1.66. The molecule has 1 aliphatic rings. The van der Waals surface area contributed by atoms with Crippen LogP contribution in [-0.4, -0.2) is 22.7 Å². The molecule has 0 bridgehead atoms. The summed E-state index contributed by atoms with van der Waals surface area (Å²) in [6.45, 7) is 1.09. The lowest BCUT2D eigenvalue weighted by Crippen LogP contribution is -2.23. The Labute approximate surface area is 117 Å². The third-order valence-electron chi connectivity index (χ3n) is 3.40. The minimum Gasteiger partial charge on any atom is -0.339 e. The highest BCUT2D eigenvalue weighted by atomic mass is 35.5. The maximum atomic E-state index is 6.12. The van der Waals surface area contributed by atoms with E-state index in [9.17, 15) is 0 Å². The fourth-order valence-electron chi connectivity index (χ4n) is 2.40. The van der Waals surface area contributed by atoms with E-state index in [0.29, 0.717) is 24.2 Å². The average molecular weight is 278 g/mol. The number of nitrogens with one attached hydrogen (secondary N) is 1. The lowest BCUT2D eigenvalue weighted by Gasteiger charge is -2.04. The Morgan fingerprint density at radius 1 is 1.37 bits per heavy atom. The van der Waals surface area contributed by atoms with Crippen molar-refractivity contribution in [2.75, 3.05) is 6.54 Å². The van der Waals surface area contributed by atoms with Gasteiger partial charge in [0, 0.05) is 23.9 Å². The number of hydrogen-bond acceptors (Lipinski definition) is 4. The molecule has 2 aromatic rings. The second-order valence-corrected chi connectivity index (χ2v) is 5.28. The molecule has 1 atom stereocenters. The van der Waals surface area contributed by atoms with Gasteiger partial charge >= 0.3 is 0 Å². The van der Waals surface area contributed by atoms with E-state index >= 15 is 0 Å². The Morgan fingerprint density at radius 2 is 2.26 bits per heavy atom. The zero-order chi connectivity index (χ0) is 13.1. The van der Waals surface area contributed by atoms with Crippen molar-refractivity contribution in [2.45, 2.75) is 31.7 Å². The normalized spacial score (nSPS) is 18.9. The van der Waals surface area contributed by atoms with Crippen LogP contribution in [0.3, 0.4) is 0 Å². The molecule has 1 aromatic carbocycles. The zero-order valence-corrected chi connectivity index (χ0v) is 11.4. The molecule has 1 fully saturated rings. The maximum Gasteiger partial charge on any atom is 0.228 e. The molecular weight excluding hydrogens is 262 g/mol. The van der Waals surface area contributed by atoms with Crippen molar-refractivity contribution in [3.8, 4) is 0 Å². The fourth-order valence-corrected chi connectivity index (χ4v) is 2.60. The molecule has 19 heavy (non-hydrogen) atoms. The first kappa shape index (κ1) is 12.6. The zero-order valence-electron chi connectivity index (χ0n) is 10.6. The molecule has 1 N–H and O–H groups in total. The van der Waals surface area contributed by atoms with Gasteiger partial charge in [-0.1, -0.05) is 35.0 Å². The smallest absolute Gasteiger partial charge is 0.228 e. The first-order chi connectivity index (χ1) is 9.31. The first-order valence-corrected chi connectivity index (χ1v) is 6.97. The van der Waals surface area contributed by atoms with E-state index in [1.54, 1.807) is 0 Å². The minimum atomic E-state index is 0.480. The van der Waals surface area contributed by atoms with Crippen LogP contribution in [0.1, 0.15) is 30.1 Å². The summed E-state index contributed by atoms with van der Waals surface area (Å²) >= 11 is 6.12. The standard InChI is InChI=1S/C14H16ClN3O/c15-12-6-2-1-4-10(12)8-13-17-14(19-18-13)9-11-5-3-7-16-11/h1-2,4,6,11,16H,3,5,7-9H2. The Bertz CT molecular complexity index is 549. The molecule has 0 aliphatic carbocycles. The predicted molar refractivity (Wildman–Crippen MR) is 73.3 cm³/mol. The van der Waals surface area contributed by atoms with E-state index in [2.05, 4.69) is 15.5 Å². The van der Waals surface area contributed by atoms with Crippen molar-refractivity contribution >= 4 is 11.6 Å². The topological polar surface area (TPSA) is 51.0 Å². The summed E-state index contributed by atoms with van der Waals surface area (Å²) in [5.41, 5.74) is 1.02. The molecule has 4 nitrogen and oxygen atoms in total. The van der Waals surface area contributed by atoms with Gasteiger partial charge in [0.15, 0.2) is 5.82 Å².